The van der Waals surface area contributed by atoms with Crippen LogP contribution in [0.25, 0.3) is 0 Å². The van der Waals surface area contributed by atoms with Crippen LogP contribution in [-0.2, 0) is 10.8 Å². The van der Waals surface area contributed by atoms with Gasteiger partial charge in [0.25, 0.3) is 0 Å². The Morgan fingerprint density at radius 3 is 1.79 bits per heavy atom. The largest absolute Gasteiger partial charge is 0.246 e. The van der Waals surface area contributed by atoms with Crippen LogP contribution >= 0.6 is 0 Å². The molecular weight excluding hydrogens is 204 g/mol. The summed E-state index contributed by atoms with van der Waals surface area (Å²) in [4.78, 5) is 0. The maximum atomic E-state index is 11.7. The molecule has 2 rings (SSSR count). The summed E-state index contributed by atoms with van der Waals surface area (Å²) in [6.45, 7) is 0. The third kappa shape index (κ3) is 1.74. The molecule has 0 aromatic carbocycles. The fourth-order valence-corrected chi connectivity index (χ4v) is 1.57. The highest BCUT2D eigenvalue weighted by Crippen LogP contribution is 2.07. The van der Waals surface area contributed by atoms with Gasteiger partial charge in [-0.15, -0.1) is 20.4 Å². The lowest BCUT2D eigenvalue weighted by Gasteiger charge is -1.95. The minimum absolute atomic E-state index is 0.292. The fraction of sp³-hybridized carbons (Fsp3) is 0. The van der Waals surface area contributed by atoms with Crippen LogP contribution in [-0.4, -0.2) is 35.0 Å². The zero-order valence-corrected chi connectivity index (χ0v) is 7.63. The minimum atomic E-state index is -1.47. The Morgan fingerprint density at radius 2 is 1.43 bits per heavy atom. The molecule has 0 aliphatic carbocycles. The second-order valence-electron chi connectivity index (χ2n) is 2.19. The maximum absolute atomic E-state index is 11.7. The third-order valence-electron chi connectivity index (χ3n) is 1.34. The van der Waals surface area contributed by atoms with E-state index < -0.39 is 10.8 Å². The lowest BCUT2D eigenvalue weighted by molar-refractivity contribution is 0.665. The Balaban J connectivity index is 2.35. The zero-order chi connectivity index (χ0) is 9.80. The molecule has 0 bridgehead atoms. The smallest absolute Gasteiger partial charge is 0.159 e. The van der Waals surface area contributed by atoms with E-state index in [9.17, 15) is 4.21 Å². The molecule has 0 saturated heterocycles. The molecule has 14 heavy (non-hydrogen) atoms. The number of nitrogens with zero attached hydrogens (tertiary/aromatic N) is 6. The molecule has 0 aliphatic heterocycles. The van der Waals surface area contributed by atoms with Crippen LogP contribution in [0.4, 0.5) is 0 Å². The highest BCUT2D eigenvalue weighted by atomic mass is 32.2. The van der Waals surface area contributed by atoms with Crippen molar-refractivity contribution in [2.75, 3.05) is 0 Å². The molecule has 0 spiro atoms. The van der Waals surface area contributed by atoms with Crippen LogP contribution < -0.4 is 0 Å². The summed E-state index contributed by atoms with van der Waals surface area (Å²) in [5.74, 6) is 0. The fourth-order valence-electron chi connectivity index (χ4n) is 0.765. The first-order valence-electron chi connectivity index (χ1n) is 3.58. The average molecular weight is 208 g/mol. The quantitative estimate of drug-likeness (QED) is 0.639. The van der Waals surface area contributed by atoms with Gasteiger partial charge in [-0.05, 0) is 22.6 Å². The summed E-state index contributed by atoms with van der Waals surface area (Å²) < 4.78 is 11.7. The first kappa shape index (κ1) is 8.75. The lowest BCUT2D eigenvalue weighted by atomic mass is 10.7. The van der Waals surface area contributed by atoms with E-state index in [2.05, 4.69) is 30.8 Å². The molecule has 0 aliphatic rings. The summed E-state index contributed by atoms with van der Waals surface area (Å²) in [6.07, 6.45) is 2.82. The Morgan fingerprint density at radius 1 is 0.929 bits per heavy atom. The molecule has 0 amide bonds. The molecule has 2 aromatic rings. The Labute approximate surface area is 81.1 Å². The Hall–Kier alpha value is -1.83. The van der Waals surface area contributed by atoms with Gasteiger partial charge in [0.15, 0.2) is 10.1 Å². The van der Waals surface area contributed by atoms with Crippen LogP contribution in [0.5, 0.6) is 0 Å². The van der Waals surface area contributed by atoms with E-state index in [1.165, 1.54) is 24.5 Å². The van der Waals surface area contributed by atoms with E-state index in [-0.39, 0.29) is 0 Å². The Bertz CT molecular complexity index is 393. The second-order valence-corrected chi connectivity index (χ2v) is 3.56. The number of rotatable bonds is 2. The molecular formula is C6H4N6OS. The number of hydrogen-bond donors (Lipinski definition) is 0. The van der Waals surface area contributed by atoms with Crippen LogP contribution in [0.3, 0.4) is 0 Å². The van der Waals surface area contributed by atoms with Gasteiger partial charge in [-0.3, -0.25) is 0 Å². The van der Waals surface area contributed by atoms with Crippen molar-refractivity contribution in [3.8, 4) is 0 Å². The van der Waals surface area contributed by atoms with E-state index in [4.69, 9.17) is 0 Å². The van der Waals surface area contributed by atoms with E-state index >= 15 is 0 Å². The summed E-state index contributed by atoms with van der Waals surface area (Å²) >= 11 is 0. The van der Waals surface area contributed by atoms with E-state index in [1.807, 2.05) is 0 Å². The van der Waals surface area contributed by atoms with Gasteiger partial charge >= 0.3 is 0 Å². The van der Waals surface area contributed by atoms with Crippen LogP contribution in [0, 0.1) is 0 Å². The van der Waals surface area contributed by atoms with Crippen molar-refractivity contribution in [2.45, 2.75) is 10.1 Å². The first-order valence-corrected chi connectivity index (χ1v) is 4.73. The SMILES string of the molecule is O=S(c1ccnnn1)c1ccnnn1. The molecule has 2 aromatic heterocycles. The highest BCUT2D eigenvalue weighted by Gasteiger charge is 2.10. The van der Waals surface area contributed by atoms with Crippen molar-refractivity contribution >= 4 is 10.8 Å². The maximum Gasteiger partial charge on any atom is 0.159 e. The minimum Gasteiger partial charge on any atom is -0.246 e. The van der Waals surface area contributed by atoms with Crippen molar-refractivity contribution < 1.29 is 4.21 Å². The van der Waals surface area contributed by atoms with E-state index in [0.717, 1.165) is 0 Å². The average Bonchev–Trinajstić information content (AvgIpc) is 2.30. The normalized spacial score (nSPS) is 10.4. The molecule has 2 heterocycles. The second kappa shape index (κ2) is 3.92. The standard InChI is InChI=1S/C6H4N6OS/c13-14(5-1-3-7-11-9-5)6-2-4-8-12-10-6/h1-4H. The molecule has 0 saturated carbocycles. The molecule has 0 radical (unpaired) electrons. The lowest BCUT2D eigenvalue weighted by Crippen LogP contribution is -2.02. The summed E-state index contributed by atoms with van der Waals surface area (Å²) in [5.41, 5.74) is 0. The number of hydrogen-bond acceptors (Lipinski definition) is 7. The Kier molecular flexibility index (Phi) is 2.45. The van der Waals surface area contributed by atoms with Gasteiger partial charge in [0.1, 0.15) is 10.8 Å². The molecule has 8 heteroatoms. The topological polar surface area (TPSA) is 94.4 Å². The highest BCUT2D eigenvalue weighted by molar-refractivity contribution is 7.84. The van der Waals surface area contributed by atoms with Crippen molar-refractivity contribution in [2.24, 2.45) is 0 Å². The van der Waals surface area contributed by atoms with E-state index in [1.54, 1.807) is 0 Å². The van der Waals surface area contributed by atoms with Gasteiger partial charge in [0.2, 0.25) is 0 Å². The van der Waals surface area contributed by atoms with Crippen molar-refractivity contribution in [1.82, 2.24) is 30.8 Å². The molecule has 0 unspecified atom stereocenters. The zero-order valence-electron chi connectivity index (χ0n) is 6.81. The van der Waals surface area contributed by atoms with Crippen molar-refractivity contribution in [3.63, 3.8) is 0 Å². The molecule has 7 nitrogen and oxygen atoms in total. The predicted octanol–water partition coefficient (Wildman–Crippen LogP) is -0.777. The summed E-state index contributed by atoms with van der Waals surface area (Å²) in [7, 11) is -1.47. The van der Waals surface area contributed by atoms with E-state index in [0.29, 0.717) is 10.1 Å². The van der Waals surface area contributed by atoms with Crippen molar-refractivity contribution in [3.05, 3.63) is 24.5 Å². The number of aromatic nitrogens is 6. The van der Waals surface area contributed by atoms with Gasteiger partial charge in [-0.25, -0.2) is 4.21 Å². The van der Waals surface area contributed by atoms with Gasteiger partial charge in [-0.1, -0.05) is 0 Å². The predicted molar refractivity (Wildman–Crippen MR) is 44.3 cm³/mol. The molecule has 0 fully saturated rings. The first-order chi connectivity index (χ1) is 6.88. The summed E-state index contributed by atoms with van der Waals surface area (Å²) in [5, 5.41) is 21.5. The molecule has 0 N–H and O–H groups in total. The van der Waals surface area contributed by atoms with Crippen LogP contribution in [0.2, 0.25) is 0 Å². The van der Waals surface area contributed by atoms with Gasteiger partial charge in [0, 0.05) is 0 Å². The summed E-state index contributed by atoms with van der Waals surface area (Å²) in [6, 6.07) is 3.01. The monoisotopic (exact) mass is 208 g/mol. The molecule has 0 atom stereocenters. The van der Waals surface area contributed by atoms with Crippen LogP contribution in [0.15, 0.2) is 34.6 Å². The van der Waals surface area contributed by atoms with Crippen molar-refractivity contribution in [1.29, 1.82) is 0 Å². The third-order valence-corrected chi connectivity index (χ3v) is 2.53. The van der Waals surface area contributed by atoms with Crippen LogP contribution in [0.1, 0.15) is 0 Å². The van der Waals surface area contributed by atoms with Gasteiger partial charge < -0.3 is 0 Å². The van der Waals surface area contributed by atoms with Gasteiger partial charge in [-0.2, -0.15) is 0 Å². The van der Waals surface area contributed by atoms with Gasteiger partial charge in [0.05, 0.1) is 12.4 Å². The molecule has 70 valence electrons.